The van der Waals surface area contributed by atoms with E-state index in [-0.39, 0.29) is 5.41 Å². The van der Waals surface area contributed by atoms with Crippen LogP contribution in [0.4, 0.5) is 0 Å². The number of halogens is 1. The lowest BCUT2D eigenvalue weighted by atomic mass is 9.47. The lowest BCUT2D eigenvalue weighted by Gasteiger charge is -2.58. The van der Waals surface area contributed by atoms with Gasteiger partial charge in [-0.1, -0.05) is 29.8 Å². The second-order valence-electron chi connectivity index (χ2n) is 11.2. The highest BCUT2D eigenvalue weighted by molar-refractivity contribution is 9.09. The molecule has 5 aliphatic rings. The molecule has 0 bridgehead atoms. The summed E-state index contributed by atoms with van der Waals surface area (Å²) in [6.45, 7) is 6.95. The van der Waals surface area contributed by atoms with E-state index >= 15 is 0 Å². The fraction of sp³-hybridized carbons (Fsp3) is 0.957. The molecule has 5 saturated carbocycles. The van der Waals surface area contributed by atoms with Gasteiger partial charge < -0.3 is 5.11 Å². The predicted molar refractivity (Wildman–Crippen MR) is 107 cm³/mol. The minimum Gasteiger partial charge on any atom is -0.390 e. The smallest absolute Gasteiger partial charge is 0.147 e. The zero-order valence-corrected chi connectivity index (χ0v) is 18.2. The summed E-state index contributed by atoms with van der Waals surface area (Å²) in [4.78, 5) is 12.8. The molecule has 2 nitrogen and oxygen atoms in total. The molecular weight excluding hydrogens is 388 g/mol. The molecule has 0 unspecified atom stereocenters. The molecule has 146 valence electrons. The first-order chi connectivity index (χ1) is 12.3. The van der Waals surface area contributed by atoms with E-state index in [1.165, 1.54) is 32.1 Å². The van der Waals surface area contributed by atoms with Crippen LogP contribution in [0.5, 0.6) is 0 Å². The zero-order chi connectivity index (χ0) is 18.4. The van der Waals surface area contributed by atoms with Crippen LogP contribution in [0.1, 0.15) is 65.7 Å². The van der Waals surface area contributed by atoms with Gasteiger partial charge in [-0.25, -0.2) is 0 Å². The van der Waals surface area contributed by atoms with Crippen LogP contribution in [-0.4, -0.2) is 21.8 Å². The molecule has 0 heterocycles. The zero-order valence-electron chi connectivity index (χ0n) is 16.6. The van der Waals surface area contributed by atoms with Gasteiger partial charge in [0.1, 0.15) is 5.78 Å². The van der Waals surface area contributed by atoms with Crippen LogP contribution >= 0.6 is 15.9 Å². The summed E-state index contributed by atoms with van der Waals surface area (Å²) in [5.74, 6) is 7.17. The van der Waals surface area contributed by atoms with Gasteiger partial charge >= 0.3 is 0 Å². The average molecular weight is 423 g/mol. The summed E-state index contributed by atoms with van der Waals surface area (Å²) in [6.07, 6.45) is 8.52. The number of fused-ring (bicyclic) bond motifs is 7. The SMILES string of the molecule is C[C@H]1[C@@H]2[C@H]1[C@H](C(=O)CBr)[C@@]1(C)CC[C@H]3[C@@H](CC[C@@H]4C[C@](C)(O)CC[C@@H]43)[C@H]21. The van der Waals surface area contributed by atoms with Crippen LogP contribution in [0.2, 0.25) is 0 Å². The molecule has 0 aromatic rings. The minimum absolute atomic E-state index is 0.265. The van der Waals surface area contributed by atoms with Gasteiger partial charge in [-0.3, -0.25) is 4.79 Å². The minimum atomic E-state index is -0.423. The molecule has 0 aromatic heterocycles. The van der Waals surface area contributed by atoms with Crippen molar-refractivity contribution in [3.8, 4) is 0 Å². The van der Waals surface area contributed by atoms with Crippen molar-refractivity contribution in [1.29, 1.82) is 0 Å². The molecule has 5 rings (SSSR count). The van der Waals surface area contributed by atoms with E-state index in [4.69, 9.17) is 0 Å². The number of alkyl halides is 1. The van der Waals surface area contributed by atoms with Crippen molar-refractivity contribution in [2.24, 2.45) is 58.7 Å². The summed E-state index contributed by atoms with van der Waals surface area (Å²) < 4.78 is 0. The highest BCUT2D eigenvalue weighted by Gasteiger charge is 2.73. The highest BCUT2D eigenvalue weighted by atomic mass is 79.9. The van der Waals surface area contributed by atoms with Crippen molar-refractivity contribution in [1.82, 2.24) is 0 Å². The number of hydrogen-bond acceptors (Lipinski definition) is 2. The van der Waals surface area contributed by atoms with E-state index in [2.05, 4.69) is 36.7 Å². The van der Waals surface area contributed by atoms with E-state index < -0.39 is 5.60 Å². The Morgan fingerprint density at radius 3 is 2.50 bits per heavy atom. The first-order valence-corrected chi connectivity index (χ1v) is 12.2. The first kappa shape index (κ1) is 18.2. The summed E-state index contributed by atoms with van der Waals surface area (Å²) in [7, 11) is 0. The second-order valence-corrected chi connectivity index (χ2v) is 11.8. The number of ketones is 1. The van der Waals surface area contributed by atoms with Crippen LogP contribution in [0.15, 0.2) is 0 Å². The molecule has 11 atom stereocenters. The molecule has 1 N–H and O–H groups in total. The van der Waals surface area contributed by atoms with Crippen molar-refractivity contribution in [2.75, 3.05) is 5.33 Å². The molecular formula is C23H35BrO2. The van der Waals surface area contributed by atoms with Crippen LogP contribution in [-0.2, 0) is 4.79 Å². The lowest BCUT2D eigenvalue weighted by Crippen LogP contribution is -2.52. The molecule has 0 spiro atoms. The average Bonchev–Trinajstić information content (AvgIpc) is 3.11. The Balaban J connectivity index is 1.43. The van der Waals surface area contributed by atoms with Crippen molar-refractivity contribution >= 4 is 21.7 Å². The van der Waals surface area contributed by atoms with Gasteiger partial charge in [0.15, 0.2) is 0 Å². The third kappa shape index (κ3) is 2.34. The van der Waals surface area contributed by atoms with E-state index in [1.54, 1.807) is 0 Å². The lowest BCUT2D eigenvalue weighted by molar-refractivity contribution is -0.134. The molecule has 5 fully saturated rings. The summed E-state index contributed by atoms with van der Waals surface area (Å²) >= 11 is 3.48. The maximum absolute atomic E-state index is 12.8. The van der Waals surface area contributed by atoms with Crippen molar-refractivity contribution in [2.45, 2.75) is 71.3 Å². The molecule has 0 aromatic carbocycles. The van der Waals surface area contributed by atoms with E-state index in [9.17, 15) is 9.90 Å². The highest BCUT2D eigenvalue weighted by Crippen LogP contribution is 2.76. The second kappa shape index (κ2) is 5.81. The standard InChI is InChI=1S/C23H35BrO2/c1-12-18-19(12)21(17(25)11-24)23(3)9-7-15-14-6-8-22(2,26)10-13(14)4-5-16(15)20(18)23/h12-16,18-21,26H,4-11H2,1-3H3/t12-,13+,14-,15+,16+,18+,19-,20+,21-,22+,23-/m0/s1. The normalized spacial score (nSPS) is 60.4. The molecule has 26 heavy (non-hydrogen) atoms. The van der Waals surface area contributed by atoms with Crippen molar-refractivity contribution < 1.29 is 9.90 Å². The number of Topliss-reactive ketones (excluding diaryl/α,β-unsaturated/α-hetero) is 1. The van der Waals surface area contributed by atoms with Gasteiger partial charge in [0.05, 0.1) is 10.9 Å². The maximum atomic E-state index is 12.8. The Bertz CT molecular complexity index is 615. The number of carbonyl (C=O) groups excluding carboxylic acids is 1. The number of aliphatic hydroxyl groups is 1. The summed E-state index contributed by atoms with van der Waals surface area (Å²) in [5.41, 5.74) is -0.158. The fourth-order valence-electron chi connectivity index (χ4n) is 9.17. The Kier molecular flexibility index (Phi) is 4.06. The predicted octanol–water partition coefficient (Wildman–Crippen LogP) is 5.07. The fourth-order valence-corrected chi connectivity index (χ4v) is 9.52. The van der Waals surface area contributed by atoms with Gasteiger partial charge in [0, 0.05) is 5.92 Å². The number of hydrogen-bond donors (Lipinski definition) is 1. The van der Waals surface area contributed by atoms with Gasteiger partial charge in [-0.15, -0.1) is 0 Å². The van der Waals surface area contributed by atoms with Crippen LogP contribution < -0.4 is 0 Å². The first-order valence-electron chi connectivity index (χ1n) is 11.1. The molecule has 0 radical (unpaired) electrons. The molecule has 5 aliphatic carbocycles. The largest absolute Gasteiger partial charge is 0.390 e. The molecule has 0 amide bonds. The Morgan fingerprint density at radius 2 is 1.77 bits per heavy atom. The monoisotopic (exact) mass is 422 g/mol. The Labute approximate surface area is 167 Å². The van der Waals surface area contributed by atoms with Crippen molar-refractivity contribution in [3.05, 3.63) is 0 Å². The van der Waals surface area contributed by atoms with Crippen LogP contribution in [0.25, 0.3) is 0 Å². The number of carbonyl (C=O) groups is 1. The van der Waals surface area contributed by atoms with Gasteiger partial charge in [-0.2, -0.15) is 0 Å². The van der Waals surface area contributed by atoms with E-state index in [1.807, 2.05) is 0 Å². The topological polar surface area (TPSA) is 37.3 Å². The Morgan fingerprint density at radius 1 is 1.04 bits per heavy atom. The van der Waals surface area contributed by atoms with Crippen molar-refractivity contribution in [3.63, 3.8) is 0 Å². The molecule has 0 aliphatic heterocycles. The third-order valence-electron chi connectivity index (χ3n) is 10.0. The summed E-state index contributed by atoms with van der Waals surface area (Å²) in [5, 5.41) is 11.1. The Hall–Kier alpha value is 0.110. The molecule has 0 saturated heterocycles. The third-order valence-corrected chi connectivity index (χ3v) is 10.6. The van der Waals surface area contributed by atoms with E-state index in [0.29, 0.717) is 22.9 Å². The van der Waals surface area contributed by atoms with Crippen LogP contribution in [0, 0.1) is 58.7 Å². The van der Waals surface area contributed by atoms with E-state index in [0.717, 1.165) is 54.3 Å². The van der Waals surface area contributed by atoms with Gasteiger partial charge in [0.2, 0.25) is 0 Å². The quantitative estimate of drug-likeness (QED) is 0.630. The maximum Gasteiger partial charge on any atom is 0.147 e. The van der Waals surface area contributed by atoms with Gasteiger partial charge in [-0.05, 0) is 105 Å². The van der Waals surface area contributed by atoms with Crippen LogP contribution in [0.3, 0.4) is 0 Å². The summed E-state index contributed by atoms with van der Waals surface area (Å²) in [6, 6.07) is 0. The number of rotatable bonds is 2. The molecule has 3 heteroatoms. The van der Waals surface area contributed by atoms with Gasteiger partial charge in [0.25, 0.3) is 0 Å².